The number of ketones is 1. The fraction of sp³-hybridized carbons (Fsp3) is 0.533. The molecule has 1 aromatic rings. The standard InChI is InChI=1S/C15H21FO2/c1-2-3-4-5-6-11-18-12-15(17)13-7-9-14(16)10-8-13/h7-10H,2-6,11-12H2,1H3. The molecule has 0 saturated carbocycles. The Hall–Kier alpha value is -1.22. The highest BCUT2D eigenvalue weighted by atomic mass is 19.1. The SMILES string of the molecule is CCCCCCCOCC(=O)c1ccc(F)cc1. The summed E-state index contributed by atoms with van der Waals surface area (Å²) in [5.41, 5.74) is 0.502. The average molecular weight is 252 g/mol. The molecule has 0 N–H and O–H groups in total. The maximum absolute atomic E-state index is 12.7. The predicted molar refractivity (Wildman–Crippen MR) is 70.3 cm³/mol. The van der Waals surface area contributed by atoms with Crippen LogP contribution in [0.25, 0.3) is 0 Å². The Kier molecular flexibility index (Phi) is 7.26. The van der Waals surface area contributed by atoms with Crippen molar-refractivity contribution >= 4 is 5.78 Å². The number of benzene rings is 1. The molecule has 0 aromatic heterocycles. The van der Waals surface area contributed by atoms with Gasteiger partial charge < -0.3 is 4.74 Å². The van der Waals surface area contributed by atoms with Crippen molar-refractivity contribution in [3.8, 4) is 0 Å². The molecule has 0 unspecified atom stereocenters. The topological polar surface area (TPSA) is 26.3 Å². The highest BCUT2D eigenvalue weighted by Gasteiger charge is 2.05. The van der Waals surface area contributed by atoms with E-state index in [4.69, 9.17) is 4.74 Å². The molecule has 0 aliphatic rings. The van der Waals surface area contributed by atoms with Crippen molar-refractivity contribution in [3.05, 3.63) is 35.6 Å². The molecule has 0 aliphatic heterocycles. The van der Waals surface area contributed by atoms with E-state index in [9.17, 15) is 9.18 Å². The van der Waals surface area contributed by atoms with Crippen LogP contribution >= 0.6 is 0 Å². The van der Waals surface area contributed by atoms with E-state index in [1.807, 2.05) is 0 Å². The Bertz CT molecular complexity index is 346. The van der Waals surface area contributed by atoms with Crippen molar-refractivity contribution in [2.24, 2.45) is 0 Å². The second kappa shape index (κ2) is 8.81. The maximum atomic E-state index is 12.7. The second-order valence-corrected chi connectivity index (χ2v) is 4.40. The van der Waals surface area contributed by atoms with E-state index >= 15 is 0 Å². The van der Waals surface area contributed by atoms with Gasteiger partial charge in [0, 0.05) is 12.2 Å². The third-order valence-electron chi connectivity index (χ3n) is 2.79. The number of hydrogen-bond donors (Lipinski definition) is 0. The molecule has 0 radical (unpaired) electrons. The maximum Gasteiger partial charge on any atom is 0.188 e. The summed E-state index contributed by atoms with van der Waals surface area (Å²) in [7, 11) is 0. The summed E-state index contributed by atoms with van der Waals surface area (Å²) in [6.07, 6.45) is 5.86. The number of rotatable bonds is 9. The van der Waals surface area contributed by atoms with Gasteiger partial charge in [-0.2, -0.15) is 0 Å². The zero-order valence-corrected chi connectivity index (χ0v) is 11.0. The fourth-order valence-corrected chi connectivity index (χ4v) is 1.69. The van der Waals surface area contributed by atoms with Crippen LogP contribution in [0.15, 0.2) is 24.3 Å². The van der Waals surface area contributed by atoms with Gasteiger partial charge in [-0.05, 0) is 30.7 Å². The molecule has 0 saturated heterocycles. The molecule has 1 aromatic carbocycles. The van der Waals surface area contributed by atoms with E-state index in [0.29, 0.717) is 12.2 Å². The first-order valence-corrected chi connectivity index (χ1v) is 6.60. The van der Waals surface area contributed by atoms with Crippen LogP contribution in [0.1, 0.15) is 49.4 Å². The van der Waals surface area contributed by atoms with Gasteiger partial charge in [0.15, 0.2) is 5.78 Å². The molecule has 0 fully saturated rings. The van der Waals surface area contributed by atoms with Crippen LogP contribution in [-0.2, 0) is 4.74 Å². The lowest BCUT2D eigenvalue weighted by Crippen LogP contribution is -2.09. The lowest BCUT2D eigenvalue weighted by atomic mass is 10.1. The smallest absolute Gasteiger partial charge is 0.188 e. The van der Waals surface area contributed by atoms with Gasteiger partial charge in [-0.25, -0.2) is 4.39 Å². The Labute approximate surface area is 108 Å². The van der Waals surface area contributed by atoms with E-state index in [0.717, 1.165) is 12.8 Å². The molecular formula is C15H21FO2. The lowest BCUT2D eigenvalue weighted by molar-refractivity contribution is 0.0752. The summed E-state index contributed by atoms with van der Waals surface area (Å²) in [4.78, 5) is 11.6. The van der Waals surface area contributed by atoms with Crippen LogP contribution in [0.2, 0.25) is 0 Å². The van der Waals surface area contributed by atoms with Crippen LogP contribution in [0.4, 0.5) is 4.39 Å². The zero-order chi connectivity index (χ0) is 13.2. The Morgan fingerprint density at radius 3 is 2.44 bits per heavy atom. The van der Waals surface area contributed by atoms with Crippen LogP contribution < -0.4 is 0 Å². The first-order valence-electron chi connectivity index (χ1n) is 6.60. The van der Waals surface area contributed by atoms with Gasteiger partial charge in [-0.3, -0.25) is 4.79 Å². The van der Waals surface area contributed by atoms with Gasteiger partial charge in [0.25, 0.3) is 0 Å². The minimum atomic E-state index is -0.330. The Morgan fingerprint density at radius 2 is 1.78 bits per heavy atom. The normalized spacial score (nSPS) is 10.6. The summed E-state index contributed by atoms with van der Waals surface area (Å²) >= 11 is 0. The molecule has 1 rings (SSSR count). The van der Waals surface area contributed by atoms with Crippen LogP contribution in [0, 0.1) is 5.82 Å². The molecule has 0 bridgehead atoms. The van der Waals surface area contributed by atoms with Gasteiger partial charge in [-0.1, -0.05) is 32.6 Å². The molecule has 2 nitrogen and oxygen atoms in total. The summed E-state index contributed by atoms with van der Waals surface area (Å²) in [5, 5.41) is 0. The molecular weight excluding hydrogens is 231 g/mol. The van der Waals surface area contributed by atoms with Gasteiger partial charge in [0.2, 0.25) is 0 Å². The molecule has 18 heavy (non-hydrogen) atoms. The fourth-order valence-electron chi connectivity index (χ4n) is 1.69. The van der Waals surface area contributed by atoms with Crippen molar-refractivity contribution < 1.29 is 13.9 Å². The van der Waals surface area contributed by atoms with E-state index in [1.54, 1.807) is 0 Å². The third-order valence-corrected chi connectivity index (χ3v) is 2.79. The number of carbonyl (C=O) groups excluding carboxylic acids is 1. The molecule has 0 heterocycles. The Morgan fingerprint density at radius 1 is 1.11 bits per heavy atom. The van der Waals surface area contributed by atoms with Gasteiger partial charge in [-0.15, -0.1) is 0 Å². The first kappa shape index (κ1) is 14.8. The van der Waals surface area contributed by atoms with Gasteiger partial charge in [0.05, 0.1) is 0 Å². The zero-order valence-electron chi connectivity index (χ0n) is 11.0. The number of unbranched alkanes of at least 4 members (excludes halogenated alkanes) is 4. The second-order valence-electron chi connectivity index (χ2n) is 4.40. The molecule has 0 aliphatic carbocycles. The van der Waals surface area contributed by atoms with E-state index in [2.05, 4.69) is 6.92 Å². The average Bonchev–Trinajstić information content (AvgIpc) is 2.38. The van der Waals surface area contributed by atoms with E-state index < -0.39 is 0 Å². The predicted octanol–water partition coefficient (Wildman–Crippen LogP) is 4.00. The van der Waals surface area contributed by atoms with Crippen molar-refractivity contribution in [2.45, 2.75) is 39.0 Å². The van der Waals surface area contributed by atoms with Gasteiger partial charge >= 0.3 is 0 Å². The third kappa shape index (κ3) is 5.92. The van der Waals surface area contributed by atoms with Crippen molar-refractivity contribution in [1.29, 1.82) is 0 Å². The van der Waals surface area contributed by atoms with Crippen LogP contribution in [-0.4, -0.2) is 19.0 Å². The van der Waals surface area contributed by atoms with Crippen molar-refractivity contribution in [2.75, 3.05) is 13.2 Å². The highest BCUT2D eigenvalue weighted by molar-refractivity contribution is 5.96. The summed E-state index contributed by atoms with van der Waals surface area (Å²) in [6, 6.07) is 5.56. The first-order chi connectivity index (χ1) is 8.74. The highest BCUT2D eigenvalue weighted by Crippen LogP contribution is 2.05. The minimum Gasteiger partial charge on any atom is -0.373 e. The van der Waals surface area contributed by atoms with E-state index in [-0.39, 0.29) is 18.2 Å². The van der Waals surface area contributed by atoms with Crippen molar-refractivity contribution in [3.63, 3.8) is 0 Å². The number of halogens is 1. The summed E-state index contributed by atoms with van der Waals surface area (Å²) in [5.74, 6) is -0.424. The molecule has 100 valence electrons. The lowest BCUT2D eigenvalue weighted by Gasteiger charge is -2.04. The summed E-state index contributed by atoms with van der Waals surface area (Å²) < 4.78 is 18.0. The quantitative estimate of drug-likeness (QED) is 0.490. The van der Waals surface area contributed by atoms with Crippen molar-refractivity contribution in [1.82, 2.24) is 0 Å². The molecule has 0 spiro atoms. The number of Topliss-reactive ketones (excluding diaryl/α,β-unsaturated/α-hetero) is 1. The number of ether oxygens (including phenoxy) is 1. The summed E-state index contributed by atoms with van der Waals surface area (Å²) in [6.45, 7) is 2.88. The Balaban J connectivity index is 2.12. The monoisotopic (exact) mass is 252 g/mol. The van der Waals surface area contributed by atoms with Crippen LogP contribution in [0.3, 0.4) is 0 Å². The van der Waals surface area contributed by atoms with E-state index in [1.165, 1.54) is 43.5 Å². The number of hydrogen-bond acceptors (Lipinski definition) is 2. The molecule has 3 heteroatoms. The van der Waals surface area contributed by atoms with Gasteiger partial charge in [0.1, 0.15) is 12.4 Å². The molecule has 0 amide bonds. The minimum absolute atomic E-state index is 0.0827. The van der Waals surface area contributed by atoms with Crippen LogP contribution in [0.5, 0.6) is 0 Å². The largest absolute Gasteiger partial charge is 0.373 e. The number of carbonyl (C=O) groups is 1. The molecule has 0 atom stereocenters.